The monoisotopic (exact) mass is 242 g/mol. The highest BCUT2D eigenvalue weighted by Gasteiger charge is 2.09. The van der Waals surface area contributed by atoms with E-state index in [2.05, 4.69) is 0 Å². The summed E-state index contributed by atoms with van der Waals surface area (Å²) in [4.78, 5) is 0. The standard InChI is InChI=1S/C11H14N2O2.ClH/c1-14-10-4-3-8(7-11(10)15-2)9(13)5-6-12;/h3-4,7,9H,5,13H2,1-2H3;1H/t9-;/m1./s1. The Balaban J connectivity index is 0.00000225. The Kier molecular flexibility index (Phi) is 6.31. The molecule has 0 spiro atoms. The molecule has 0 fully saturated rings. The minimum absolute atomic E-state index is 0. The number of methoxy groups -OCH3 is 2. The molecule has 16 heavy (non-hydrogen) atoms. The van der Waals surface area contributed by atoms with E-state index in [9.17, 15) is 0 Å². The largest absolute Gasteiger partial charge is 0.493 e. The number of hydrogen-bond donors (Lipinski definition) is 1. The van der Waals surface area contributed by atoms with E-state index in [4.69, 9.17) is 20.5 Å². The molecule has 0 aromatic heterocycles. The molecule has 1 atom stereocenters. The number of benzene rings is 1. The molecule has 2 N–H and O–H groups in total. The zero-order valence-electron chi connectivity index (χ0n) is 9.27. The minimum atomic E-state index is -0.283. The maximum Gasteiger partial charge on any atom is 0.161 e. The zero-order chi connectivity index (χ0) is 11.3. The highest BCUT2D eigenvalue weighted by atomic mass is 35.5. The quantitative estimate of drug-likeness (QED) is 0.877. The van der Waals surface area contributed by atoms with Crippen LogP contribution in [0.5, 0.6) is 11.5 Å². The van der Waals surface area contributed by atoms with E-state index in [1.807, 2.05) is 12.1 Å². The Bertz CT molecular complexity index is 377. The molecule has 0 heterocycles. The van der Waals surface area contributed by atoms with E-state index in [1.165, 1.54) is 0 Å². The summed E-state index contributed by atoms with van der Waals surface area (Å²) in [7, 11) is 3.14. The lowest BCUT2D eigenvalue weighted by molar-refractivity contribution is 0.354. The Morgan fingerprint density at radius 3 is 2.44 bits per heavy atom. The van der Waals surface area contributed by atoms with Crippen LogP contribution in [0.1, 0.15) is 18.0 Å². The predicted octanol–water partition coefficient (Wildman–Crippen LogP) is 2.04. The molecule has 88 valence electrons. The van der Waals surface area contributed by atoms with E-state index in [0.29, 0.717) is 11.5 Å². The molecule has 5 heteroatoms. The lowest BCUT2D eigenvalue weighted by Gasteiger charge is -2.12. The van der Waals surface area contributed by atoms with E-state index in [-0.39, 0.29) is 24.9 Å². The normalized spacial score (nSPS) is 10.9. The number of hydrogen-bond acceptors (Lipinski definition) is 4. The van der Waals surface area contributed by atoms with E-state index < -0.39 is 0 Å². The van der Waals surface area contributed by atoms with Crippen molar-refractivity contribution in [3.05, 3.63) is 23.8 Å². The van der Waals surface area contributed by atoms with Gasteiger partial charge in [0.05, 0.1) is 26.7 Å². The Labute approximate surface area is 101 Å². The minimum Gasteiger partial charge on any atom is -0.493 e. The summed E-state index contributed by atoms with van der Waals surface area (Å²) in [5.74, 6) is 1.29. The first-order valence-corrected chi connectivity index (χ1v) is 4.57. The molecule has 0 aliphatic carbocycles. The van der Waals surface area contributed by atoms with Gasteiger partial charge in [0.2, 0.25) is 0 Å². The molecule has 4 nitrogen and oxygen atoms in total. The highest BCUT2D eigenvalue weighted by molar-refractivity contribution is 5.85. The molecule has 1 aromatic carbocycles. The summed E-state index contributed by atoms with van der Waals surface area (Å²) >= 11 is 0. The van der Waals surface area contributed by atoms with Crippen LogP contribution in [0.3, 0.4) is 0 Å². The number of nitriles is 1. The van der Waals surface area contributed by atoms with Gasteiger partial charge >= 0.3 is 0 Å². The number of halogens is 1. The Morgan fingerprint density at radius 1 is 1.31 bits per heavy atom. The molecule has 0 unspecified atom stereocenters. The summed E-state index contributed by atoms with van der Waals surface area (Å²) in [6.07, 6.45) is 0.287. The van der Waals surface area contributed by atoms with Crippen LogP contribution in [0.4, 0.5) is 0 Å². The topological polar surface area (TPSA) is 68.3 Å². The maximum absolute atomic E-state index is 8.54. The van der Waals surface area contributed by atoms with Gasteiger partial charge in [-0.15, -0.1) is 12.4 Å². The first-order chi connectivity index (χ1) is 7.22. The molecule has 0 saturated carbocycles. The van der Waals surface area contributed by atoms with Gasteiger partial charge in [0, 0.05) is 6.04 Å². The third-order valence-electron chi connectivity index (χ3n) is 2.15. The smallest absolute Gasteiger partial charge is 0.161 e. The van der Waals surface area contributed by atoms with Crippen molar-refractivity contribution in [3.8, 4) is 17.6 Å². The lowest BCUT2D eigenvalue weighted by atomic mass is 10.0. The van der Waals surface area contributed by atoms with Crippen molar-refractivity contribution >= 4 is 12.4 Å². The van der Waals surface area contributed by atoms with Crippen molar-refractivity contribution in [1.29, 1.82) is 5.26 Å². The van der Waals surface area contributed by atoms with Crippen LogP contribution in [-0.2, 0) is 0 Å². The molecule has 0 amide bonds. The third kappa shape index (κ3) is 3.30. The Morgan fingerprint density at radius 2 is 1.94 bits per heavy atom. The van der Waals surface area contributed by atoms with Gasteiger partial charge in [-0.1, -0.05) is 6.07 Å². The molecule has 0 saturated heterocycles. The second-order valence-electron chi connectivity index (χ2n) is 3.08. The summed E-state index contributed by atoms with van der Waals surface area (Å²) in [5, 5.41) is 8.54. The summed E-state index contributed by atoms with van der Waals surface area (Å²) < 4.78 is 10.2. The molecular weight excluding hydrogens is 228 g/mol. The molecule has 1 rings (SSSR count). The van der Waals surface area contributed by atoms with Gasteiger partial charge in [-0.25, -0.2) is 0 Å². The fourth-order valence-corrected chi connectivity index (χ4v) is 1.30. The van der Waals surface area contributed by atoms with Crippen molar-refractivity contribution in [2.24, 2.45) is 5.73 Å². The summed E-state index contributed by atoms with van der Waals surface area (Å²) in [5.41, 5.74) is 6.67. The predicted molar refractivity (Wildman–Crippen MR) is 64.0 cm³/mol. The Hall–Kier alpha value is -1.44. The van der Waals surface area contributed by atoms with Gasteiger partial charge in [0.25, 0.3) is 0 Å². The van der Waals surface area contributed by atoms with Crippen LogP contribution in [0, 0.1) is 11.3 Å². The zero-order valence-corrected chi connectivity index (χ0v) is 10.1. The van der Waals surface area contributed by atoms with Crippen LogP contribution < -0.4 is 15.2 Å². The van der Waals surface area contributed by atoms with E-state index in [0.717, 1.165) is 5.56 Å². The van der Waals surface area contributed by atoms with Crippen LogP contribution in [-0.4, -0.2) is 14.2 Å². The van der Waals surface area contributed by atoms with Crippen LogP contribution >= 0.6 is 12.4 Å². The van der Waals surface area contributed by atoms with Gasteiger partial charge < -0.3 is 15.2 Å². The summed E-state index contributed by atoms with van der Waals surface area (Å²) in [6, 6.07) is 7.16. The van der Waals surface area contributed by atoms with Gasteiger partial charge in [-0.3, -0.25) is 0 Å². The molecule has 0 bridgehead atoms. The van der Waals surface area contributed by atoms with Crippen LogP contribution in [0.25, 0.3) is 0 Å². The molecule has 0 aliphatic heterocycles. The SMILES string of the molecule is COc1ccc([C@H](N)CC#N)cc1OC.Cl. The van der Waals surface area contributed by atoms with Gasteiger partial charge in [0.1, 0.15) is 0 Å². The fourth-order valence-electron chi connectivity index (χ4n) is 1.30. The molecule has 0 aliphatic rings. The van der Waals surface area contributed by atoms with Crippen molar-refractivity contribution in [3.63, 3.8) is 0 Å². The average Bonchev–Trinajstić information content (AvgIpc) is 2.28. The van der Waals surface area contributed by atoms with Crippen molar-refractivity contribution < 1.29 is 9.47 Å². The summed E-state index contributed by atoms with van der Waals surface area (Å²) in [6.45, 7) is 0. The van der Waals surface area contributed by atoms with Gasteiger partial charge in [0.15, 0.2) is 11.5 Å². The second kappa shape index (κ2) is 6.94. The van der Waals surface area contributed by atoms with Crippen LogP contribution in [0.15, 0.2) is 18.2 Å². The van der Waals surface area contributed by atoms with Crippen molar-refractivity contribution in [2.75, 3.05) is 14.2 Å². The van der Waals surface area contributed by atoms with E-state index in [1.54, 1.807) is 26.4 Å². The first-order valence-electron chi connectivity index (χ1n) is 4.57. The van der Waals surface area contributed by atoms with Gasteiger partial charge in [-0.2, -0.15) is 5.26 Å². The number of rotatable bonds is 4. The highest BCUT2D eigenvalue weighted by Crippen LogP contribution is 2.29. The number of ether oxygens (including phenoxy) is 2. The van der Waals surface area contributed by atoms with E-state index >= 15 is 0 Å². The van der Waals surface area contributed by atoms with Crippen molar-refractivity contribution in [2.45, 2.75) is 12.5 Å². The average molecular weight is 243 g/mol. The second-order valence-corrected chi connectivity index (χ2v) is 3.08. The molecule has 1 aromatic rings. The van der Waals surface area contributed by atoms with Gasteiger partial charge in [-0.05, 0) is 17.7 Å². The lowest BCUT2D eigenvalue weighted by Crippen LogP contribution is -2.09. The fraction of sp³-hybridized carbons (Fsp3) is 0.364. The number of nitrogens with zero attached hydrogens (tertiary/aromatic N) is 1. The third-order valence-corrected chi connectivity index (χ3v) is 2.15. The first kappa shape index (κ1) is 14.6. The maximum atomic E-state index is 8.54. The number of nitrogens with two attached hydrogens (primary N) is 1. The van der Waals surface area contributed by atoms with Crippen LogP contribution in [0.2, 0.25) is 0 Å². The molecule has 0 radical (unpaired) electrons. The van der Waals surface area contributed by atoms with Crippen molar-refractivity contribution in [1.82, 2.24) is 0 Å². The molecular formula is C11H15ClN2O2.